The molecule has 0 aliphatic carbocycles. The minimum Gasteiger partial charge on any atom is -0.319 e. The molecule has 2 aromatic carbocycles. The molecule has 2 nitrogen and oxygen atoms in total. The fourth-order valence-electron chi connectivity index (χ4n) is 1.44. The highest BCUT2D eigenvalue weighted by atomic mass is 35.5. The van der Waals surface area contributed by atoms with E-state index in [0.717, 1.165) is 0 Å². The molecule has 0 bridgehead atoms. The number of hydrogen-bond donors (Lipinski definition) is 1. The highest BCUT2D eigenvalue weighted by Gasteiger charge is 2.13. The second-order valence-corrected chi connectivity index (χ2v) is 4.35. The standard InChI is InChI=1S/C13H8Cl2FNO/c14-9-5-2-1-4-8(9)13(18)17-11-7-3-6-10(15)12(11)16/h1-7H,(H,17,18). The van der Waals surface area contributed by atoms with E-state index >= 15 is 0 Å². The lowest BCUT2D eigenvalue weighted by Gasteiger charge is -2.08. The Hall–Kier alpha value is -1.58. The predicted molar refractivity (Wildman–Crippen MR) is 70.8 cm³/mol. The maximum absolute atomic E-state index is 13.6. The van der Waals surface area contributed by atoms with Crippen molar-refractivity contribution in [3.8, 4) is 0 Å². The first-order valence-corrected chi connectivity index (χ1v) is 5.85. The summed E-state index contributed by atoms with van der Waals surface area (Å²) in [5, 5.41) is 2.68. The molecular weight excluding hydrogens is 276 g/mol. The number of amides is 1. The Morgan fingerprint density at radius 3 is 2.39 bits per heavy atom. The first kappa shape index (κ1) is 12.9. The van der Waals surface area contributed by atoms with Gasteiger partial charge in [-0.15, -0.1) is 0 Å². The fourth-order valence-corrected chi connectivity index (χ4v) is 1.83. The smallest absolute Gasteiger partial charge is 0.257 e. The third-order valence-electron chi connectivity index (χ3n) is 2.32. The van der Waals surface area contributed by atoms with E-state index in [-0.39, 0.29) is 16.3 Å². The molecule has 2 aromatic rings. The molecule has 0 saturated carbocycles. The van der Waals surface area contributed by atoms with Gasteiger partial charge in [-0.25, -0.2) is 4.39 Å². The van der Waals surface area contributed by atoms with E-state index in [4.69, 9.17) is 23.2 Å². The molecule has 0 aliphatic heterocycles. The van der Waals surface area contributed by atoms with Crippen LogP contribution < -0.4 is 5.32 Å². The predicted octanol–water partition coefficient (Wildman–Crippen LogP) is 4.38. The van der Waals surface area contributed by atoms with Crippen LogP contribution in [0.5, 0.6) is 0 Å². The Bertz CT molecular complexity index is 601. The quantitative estimate of drug-likeness (QED) is 0.870. The summed E-state index contributed by atoms with van der Waals surface area (Å²) in [7, 11) is 0. The van der Waals surface area contributed by atoms with Crippen LogP contribution in [0.1, 0.15) is 10.4 Å². The van der Waals surface area contributed by atoms with Crippen molar-refractivity contribution >= 4 is 34.8 Å². The zero-order chi connectivity index (χ0) is 13.1. The second kappa shape index (κ2) is 5.38. The number of hydrogen-bond acceptors (Lipinski definition) is 1. The van der Waals surface area contributed by atoms with Gasteiger partial charge in [-0.1, -0.05) is 41.4 Å². The van der Waals surface area contributed by atoms with Gasteiger partial charge in [0.2, 0.25) is 0 Å². The van der Waals surface area contributed by atoms with E-state index in [0.29, 0.717) is 5.02 Å². The number of nitrogens with one attached hydrogen (secondary N) is 1. The average molecular weight is 284 g/mol. The minimum atomic E-state index is -0.667. The molecular formula is C13H8Cl2FNO. The van der Waals surface area contributed by atoms with Gasteiger partial charge in [-0.05, 0) is 24.3 Å². The second-order valence-electron chi connectivity index (χ2n) is 3.54. The number of rotatable bonds is 2. The van der Waals surface area contributed by atoms with E-state index in [1.165, 1.54) is 12.1 Å². The Labute approximate surface area is 113 Å². The molecule has 92 valence electrons. The maximum Gasteiger partial charge on any atom is 0.257 e. The Balaban J connectivity index is 2.27. The molecule has 0 spiro atoms. The SMILES string of the molecule is O=C(Nc1cccc(Cl)c1F)c1ccccc1Cl. The van der Waals surface area contributed by atoms with E-state index in [9.17, 15) is 9.18 Å². The normalized spacial score (nSPS) is 10.2. The molecule has 1 amide bonds. The lowest BCUT2D eigenvalue weighted by molar-refractivity contribution is 0.102. The van der Waals surface area contributed by atoms with Crippen LogP contribution in [0.15, 0.2) is 42.5 Å². The molecule has 0 aliphatic rings. The highest BCUT2D eigenvalue weighted by Crippen LogP contribution is 2.23. The summed E-state index contributed by atoms with van der Waals surface area (Å²) in [6, 6.07) is 10.9. The number of anilines is 1. The van der Waals surface area contributed by atoms with Crippen molar-refractivity contribution in [2.45, 2.75) is 0 Å². The van der Waals surface area contributed by atoms with Gasteiger partial charge in [-0.3, -0.25) is 4.79 Å². The number of carbonyl (C=O) groups excluding carboxylic acids is 1. The van der Waals surface area contributed by atoms with Gasteiger partial charge in [0.1, 0.15) is 0 Å². The third kappa shape index (κ3) is 2.63. The van der Waals surface area contributed by atoms with E-state index < -0.39 is 11.7 Å². The summed E-state index contributed by atoms with van der Waals surface area (Å²) < 4.78 is 13.6. The monoisotopic (exact) mass is 283 g/mol. The topological polar surface area (TPSA) is 29.1 Å². The third-order valence-corrected chi connectivity index (χ3v) is 2.94. The molecule has 0 atom stereocenters. The average Bonchev–Trinajstić information content (AvgIpc) is 2.35. The van der Waals surface area contributed by atoms with Crippen LogP contribution >= 0.6 is 23.2 Å². The molecule has 1 N–H and O–H groups in total. The molecule has 2 rings (SSSR count). The van der Waals surface area contributed by atoms with Crippen molar-refractivity contribution in [1.29, 1.82) is 0 Å². The number of benzene rings is 2. The first-order valence-electron chi connectivity index (χ1n) is 5.09. The van der Waals surface area contributed by atoms with Gasteiger partial charge in [-0.2, -0.15) is 0 Å². The van der Waals surface area contributed by atoms with Gasteiger partial charge in [0.15, 0.2) is 5.82 Å². The molecule has 0 fully saturated rings. The summed E-state index contributed by atoms with van der Waals surface area (Å²) in [4.78, 5) is 11.9. The van der Waals surface area contributed by atoms with Crippen molar-refractivity contribution in [2.24, 2.45) is 0 Å². The summed E-state index contributed by atoms with van der Waals surface area (Å²) in [5.74, 6) is -1.15. The molecule has 0 aromatic heterocycles. The first-order chi connectivity index (χ1) is 8.59. The van der Waals surface area contributed by atoms with Crippen LogP contribution in [-0.4, -0.2) is 5.91 Å². The molecule has 0 heterocycles. The van der Waals surface area contributed by atoms with Crippen LogP contribution in [-0.2, 0) is 0 Å². The molecule has 0 radical (unpaired) electrons. The minimum absolute atomic E-state index is 0.0208. The van der Waals surface area contributed by atoms with Gasteiger partial charge in [0.05, 0.1) is 21.3 Å². The van der Waals surface area contributed by atoms with Crippen LogP contribution in [0.2, 0.25) is 10.0 Å². The van der Waals surface area contributed by atoms with Gasteiger partial charge in [0.25, 0.3) is 5.91 Å². The van der Waals surface area contributed by atoms with E-state index in [1.807, 2.05) is 0 Å². The lowest BCUT2D eigenvalue weighted by atomic mass is 10.2. The van der Waals surface area contributed by atoms with Crippen molar-refractivity contribution in [3.63, 3.8) is 0 Å². The number of halogens is 3. The lowest BCUT2D eigenvalue weighted by Crippen LogP contribution is -2.13. The Morgan fingerprint density at radius 2 is 1.67 bits per heavy atom. The van der Waals surface area contributed by atoms with Gasteiger partial charge < -0.3 is 5.32 Å². The van der Waals surface area contributed by atoms with E-state index in [2.05, 4.69) is 5.32 Å². The summed E-state index contributed by atoms with van der Waals surface area (Å²) in [6.45, 7) is 0. The summed E-state index contributed by atoms with van der Waals surface area (Å²) in [5.41, 5.74) is 0.297. The van der Waals surface area contributed by atoms with Crippen LogP contribution in [0.3, 0.4) is 0 Å². The maximum atomic E-state index is 13.6. The molecule has 0 unspecified atom stereocenters. The van der Waals surface area contributed by atoms with Gasteiger partial charge >= 0.3 is 0 Å². The van der Waals surface area contributed by atoms with Crippen LogP contribution in [0.4, 0.5) is 10.1 Å². The fraction of sp³-hybridized carbons (Fsp3) is 0. The zero-order valence-corrected chi connectivity index (χ0v) is 10.6. The van der Waals surface area contributed by atoms with Crippen LogP contribution in [0, 0.1) is 5.82 Å². The number of carbonyl (C=O) groups is 1. The molecule has 0 saturated heterocycles. The van der Waals surface area contributed by atoms with Crippen LogP contribution in [0.25, 0.3) is 0 Å². The van der Waals surface area contributed by atoms with Crippen molar-refractivity contribution in [3.05, 3.63) is 63.9 Å². The summed E-state index contributed by atoms with van der Waals surface area (Å²) >= 11 is 11.5. The van der Waals surface area contributed by atoms with Crippen molar-refractivity contribution < 1.29 is 9.18 Å². The van der Waals surface area contributed by atoms with E-state index in [1.54, 1.807) is 30.3 Å². The van der Waals surface area contributed by atoms with Gasteiger partial charge in [0, 0.05) is 0 Å². The Kier molecular flexibility index (Phi) is 3.84. The van der Waals surface area contributed by atoms with Crippen molar-refractivity contribution in [2.75, 3.05) is 5.32 Å². The zero-order valence-electron chi connectivity index (χ0n) is 9.08. The highest BCUT2D eigenvalue weighted by molar-refractivity contribution is 6.34. The summed E-state index contributed by atoms with van der Waals surface area (Å²) in [6.07, 6.45) is 0. The molecule has 18 heavy (non-hydrogen) atoms. The largest absolute Gasteiger partial charge is 0.319 e. The van der Waals surface area contributed by atoms with Crippen molar-refractivity contribution in [1.82, 2.24) is 0 Å². The molecule has 5 heteroatoms. The Morgan fingerprint density at radius 1 is 1.00 bits per heavy atom.